The molecule has 0 bridgehead atoms. The molecule has 0 saturated carbocycles. The fraction of sp³-hybridized carbons (Fsp3) is 0.483. The molecule has 198 valence electrons. The number of likely N-dealkylation sites (tertiary alicyclic amines) is 1. The van der Waals surface area contributed by atoms with Crippen molar-refractivity contribution in [3.05, 3.63) is 59.4 Å². The third kappa shape index (κ3) is 5.60. The number of nitrogens with zero attached hydrogens (tertiary/aromatic N) is 1. The number of halogens is 1. The standard InChI is InChI=1S/C29H36FN3O4/c1-18(2)21-12-13-22(25(26(21)30)20-9-6-5-7-10-20)27(32-28(36)23-11-8-14-31-23)24(35)15-29(37-4)16-33(17-29)19(3)34/h5-7,9-10,12-13,18,23,27,31H,8,11,14-17H2,1-4H3,(H,32,36). The van der Waals surface area contributed by atoms with Gasteiger partial charge in [-0.3, -0.25) is 14.4 Å². The highest BCUT2D eigenvalue weighted by atomic mass is 19.1. The molecule has 4 rings (SSSR count). The third-order valence-electron chi connectivity index (χ3n) is 7.52. The molecule has 0 radical (unpaired) electrons. The van der Waals surface area contributed by atoms with E-state index in [1.807, 2.05) is 32.0 Å². The van der Waals surface area contributed by atoms with E-state index in [1.54, 1.807) is 29.2 Å². The molecule has 2 aliphatic rings. The lowest BCUT2D eigenvalue weighted by atomic mass is 9.82. The van der Waals surface area contributed by atoms with E-state index in [9.17, 15) is 14.4 Å². The Labute approximate surface area is 217 Å². The Morgan fingerprint density at radius 3 is 2.38 bits per heavy atom. The van der Waals surface area contributed by atoms with Crippen LogP contribution >= 0.6 is 0 Å². The van der Waals surface area contributed by atoms with E-state index < -0.39 is 23.5 Å². The summed E-state index contributed by atoms with van der Waals surface area (Å²) in [6.45, 7) is 6.64. The van der Waals surface area contributed by atoms with Crippen LogP contribution in [-0.4, -0.2) is 60.9 Å². The SMILES string of the molecule is COC1(CC(=O)C(NC(=O)C2CCCN2)c2ccc(C(C)C)c(F)c2-c2ccccc2)CN(C(C)=O)C1. The van der Waals surface area contributed by atoms with Gasteiger partial charge in [-0.2, -0.15) is 0 Å². The van der Waals surface area contributed by atoms with Crippen LogP contribution in [0, 0.1) is 5.82 Å². The number of amides is 2. The molecule has 2 aromatic rings. The maximum atomic E-state index is 16.0. The summed E-state index contributed by atoms with van der Waals surface area (Å²) in [7, 11) is 1.52. The van der Waals surface area contributed by atoms with Crippen LogP contribution in [0.5, 0.6) is 0 Å². The van der Waals surface area contributed by atoms with Crippen LogP contribution in [0.3, 0.4) is 0 Å². The predicted molar refractivity (Wildman–Crippen MR) is 139 cm³/mol. The number of nitrogens with one attached hydrogen (secondary N) is 2. The molecule has 2 unspecified atom stereocenters. The first-order valence-electron chi connectivity index (χ1n) is 12.9. The molecule has 2 aromatic carbocycles. The van der Waals surface area contributed by atoms with Crippen molar-refractivity contribution < 1.29 is 23.5 Å². The second-order valence-electron chi connectivity index (χ2n) is 10.4. The summed E-state index contributed by atoms with van der Waals surface area (Å²) in [6, 6.07) is 11.1. The van der Waals surface area contributed by atoms with E-state index in [4.69, 9.17) is 4.74 Å². The number of ketones is 1. The minimum absolute atomic E-state index is 0.0158. The molecule has 8 heteroatoms. The number of benzene rings is 2. The van der Waals surface area contributed by atoms with Crippen molar-refractivity contribution in [2.24, 2.45) is 0 Å². The highest BCUT2D eigenvalue weighted by Crippen LogP contribution is 2.38. The molecule has 2 amide bonds. The van der Waals surface area contributed by atoms with Crippen molar-refractivity contribution in [3.8, 4) is 11.1 Å². The van der Waals surface area contributed by atoms with Gasteiger partial charge in [-0.25, -0.2) is 4.39 Å². The van der Waals surface area contributed by atoms with Crippen LogP contribution in [0.2, 0.25) is 0 Å². The molecule has 2 saturated heterocycles. The quantitative estimate of drug-likeness (QED) is 0.538. The van der Waals surface area contributed by atoms with E-state index in [0.29, 0.717) is 41.8 Å². The predicted octanol–water partition coefficient (Wildman–Crippen LogP) is 3.73. The Balaban J connectivity index is 1.76. The molecule has 2 N–H and O–H groups in total. The maximum absolute atomic E-state index is 16.0. The second kappa shape index (κ2) is 11.1. The molecular weight excluding hydrogens is 473 g/mol. The smallest absolute Gasteiger partial charge is 0.237 e. The van der Waals surface area contributed by atoms with Gasteiger partial charge >= 0.3 is 0 Å². The molecule has 2 atom stereocenters. The fourth-order valence-electron chi connectivity index (χ4n) is 5.28. The molecule has 0 spiro atoms. The van der Waals surface area contributed by atoms with Crippen LogP contribution in [0.1, 0.15) is 63.1 Å². The summed E-state index contributed by atoms with van der Waals surface area (Å²) >= 11 is 0. The second-order valence-corrected chi connectivity index (χ2v) is 10.4. The highest BCUT2D eigenvalue weighted by molar-refractivity contribution is 5.94. The average Bonchev–Trinajstić information content (AvgIpc) is 3.39. The molecule has 2 fully saturated rings. The van der Waals surface area contributed by atoms with Gasteiger partial charge in [-0.15, -0.1) is 0 Å². The summed E-state index contributed by atoms with van der Waals surface area (Å²) in [4.78, 5) is 40.5. The van der Waals surface area contributed by atoms with Gasteiger partial charge in [-0.1, -0.05) is 56.3 Å². The van der Waals surface area contributed by atoms with E-state index in [2.05, 4.69) is 10.6 Å². The number of rotatable bonds is 9. The number of carbonyl (C=O) groups excluding carboxylic acids is 3. The van der Waals surface area contributed by atoms with Crippen molar-refractivity contribution in [2.75, 3.05) is 26.7 Å². The Morgan fingerprint density at radius 2 is 1.81 bits per heavy atom. The maximum Gasteiger partial charge on any atom is 0.237 e. The van der Waals surface area contributed by atoms with Gasteiger partial charge in [0.15, 0.2) is 5.78 Å². The number of methoxy groups -OCH3 is 1. The molecule has 2 aliphatic heterocycles. The van der Waals surface area contributed by atoms with E-state index in [1.165, 1.54) is 14.0 Å². The number of carbonyl (C=O) groups is 3. The minimum Gasteiger partial charge on any atom is -0.374 e. The van der Waals surface area contributed by atoms with Crippen LogP contribution in [0.25, 0.3) is 11.1 Å². The van der Waals surface area contributed by atoms with Crippen LogP contribution in [-0.2, 0) is 19.1 Å². The monoisotopic (exact) mass is 509 g/mol. The lowest BCUT2D eigenvalue weighted by molar-refractivity contribution is -0.165. The zero-order chi connectivity index (χ0) is 26.7. The number of ether oxygens (including phenoxy) is 1. The Bertz CT molecular complexity index is 1160. The van der Waals surface area contributed by atoms with Gasteiger partial charge < -0.3 is 20.3 Å². The normalized spacial score (nSPS) is 19.4. The van der Waals surface area contributed by atoms with Crippen LogP contribution < -0.4 is 10.6 Å². The highest BCUT2D eigenvalue weighted by Gasteiger charge is 2.47. The van der Waals surface area contributed by atoms with Gasteiger partial charge in [0.2, 0.25) is 11.8 Å². The molecular formula is C29H36FN3O4. The largest absolute Gasteiger partial charge is 0.374 e. The fourth-order valence-corrected chi connectivity index (χ4v) is 5.28. The van der Waals surface area contributed by atoms with Crippen molar-refractivity contribution in [2.45, 2.75) is 63.6 Å². The van der Waals surface area contributed by atoms with Gasteiger partial charge in [0.05, 0.1) is 19.1 Å². The first-order chi connectivity index (χ1) is 17.7. The zero-order valence-electron chi connectivity index (χ0n) is 22.0. The molecule has 7 nitrogen and oxygen atoms in total. The van der Waals surface area contributed by atoms with E-state index in [0.717, 1.165) is 13.0 Å². The number of hydrogen-bond acceptors (Lipinski definition) is 5. The average molecular weight is 510 g/mol. The third-order valence-corrected chi connectivity index (χ3v) is 7.52. The molecule has 37 heavy (non-hydrogen) atoms. The van der Waals surface area contributed by atoms with Crippen molar-refractivity contribution in [1.29, 1.82) is 0 Å². The summed E-state index contributed by atoms with van der Waals surface area (Å²) in [5.74, 6) is -1.11. The summed E-state index contributed by atoms with van der Waals surface area (Å²) < 4.78 is 21.7. The summed E-state index contributed by atoms with van der Waals surface area (Å²) in [6.07, 6.45) is 1.53. The van der Waals surface area contributed by atoms with E-state index >= 15 is 4.39 Å². The Morgan fingerprint density at radius 1 is 1.14 bits per heavy atom. The Hall–Kier alpha value is -3.10. The van der Waals surface area contributed by atoms with Crippen molar-refractivity contribution in [1.82, 2.24) is 15.5 Å². The summed E-state index contributed by atoms with van der Waals surface area (Å²) in [5, 5.41) is 6.10. The van der Waals surface area contributed by atoms with Gasteiger partial charge in [-0.05, 0) is 42.0 Å². The molecule has 2 heterocycles. The first-order valence-corrected chi connectivity index (χ1v) is 12.9. The van der Waals surface area contributed by atoms with Gasteiger partial charge in [0, 0.05) is 26.0 Å². The number of Topliss-reactive ketones (excluding diaryl/α,β-unsaturated/α-hetero) is 1. The van der Waals surface area contributed by atoms with Crippen molar-refractivity contribution >= 4 is 17.6 Å². The van der Waals surface area contributed by atoms with Crippen molar-refractivity contribution in [3.63, 3.8) is 0 Å². The lowest BCUT2D eigenvalue weighted by Gasteiger charge is -2.48. The van der Waals surface area contributed by atoms with Gasteiger partial charge in [0.25, 0.3) is 0 Å². The molecule has 0 aliphatic carbocycles. The van der Waals surface area contributed by atoms with Crippen LogP contribution in [0.4, 0.5) is 4.39 Å². The minimum atomic E-state index is -1.07. The number of hydrogen-bond donors (Lipinski definition) is 2. The topological polar surface area (TPSA) is 87.7 Å². The Kier molecular flexibility index (Phi) is 8.09. The van der Waals surface area contributed by atoms with E-state index in [-0.39, 0.29) is 29.9 Å². The molecule has 0 aromatic heterocycles. The summed E-state index contributed by atoms with van der Waals surface area (Å²) in [5.41, 5.74) is 1.08. The first kappa shape index (κ1) is 26.9. The van der Waals surface area contributed by atoms with Crippen LogP contribution in [0.15, 0.2) is 42.5 Å². The lowest BCUT2D eigenvalue weighted by Crippen LogP contribution is -2.65. The zero-order valence-corrected chi connectivity index (χ0v) is 22.0. The van der Waals surface area contributed by atoms with Gasteiger partial charge in [0.1, 0.15) is 17.5 Å².